The molecule has 0 aliphatic heterocycles. The van der Waals surface area contributed by atoms with E-state index in [0.717, 1.165) is 12.1 Å². The Morgan fingerprint density at radius 3 is 2.33 bits per heavy atom. The first kappa shape index (κ1) is 16.1. The first-order valence-corrected chi connectivity index (χ1v) is 8.26. The van der Waals surface area contributed by atoms with E-state index >= 15 is 0 Å². The molecule has 0 radical (unpaired) electrons. The van der Waals surface area contributed by atoms with Gasteiger partial charge < -0.3 is 5.73 Å². The molecule has 0 aliphatic rings. The van der Waals surface area contributed by atoms with Crippen molar-refractivity contribution in [1.82, 2.24) is 9.78 Å². The first-order valence-electron chi connectivity index (χ1n) is 7.44. The molecule has 3 nitrogen and oxygen atoms in total. The molecule has 21 heavy (non-hydrogen) atoms. The molecule has 2 rings (SSSR count). The minimum atomic E-state index is 0.149. The highest BCUT2D eigenvalue weighted by Crippen LogP contribution is 2.33. The van der Waals surface area contributed by atoms with Crippen molar-refractivity contribution in [3.63, 3.8) is 0 Å². The standard InChI is InChI=1S/C17H25N3S/c1-11(2)14-6-8-15(9-7-14)21-17-16(10-12(3)18)13(4)19-20(17)5/h6-9,11-12H,10,18H2,1-5H3. The van der Waals surface area contributed by atoms with Gasteiger partial charge in [-0.15, -0.1) is 0 Å². The minimum absolute atomic E-state index is 0.149. The zero-order valence-corrected chi connectivity index (χ0v) is 14.4. The van der Waals surface area contributed by atoms with Gasteiger partial charge in [0.1, 0.15) is 5.03 Å². The van der Waals surface area contributed by atoms with Crippen molar-refractivity contribution in [2.75, 3.05) is 0 Å². The third-order valence-electron chi connectivity index (χ3n) is 3.58. The lowest BCUT2D eigenvalue weighted by Crippen LogP contribution is -2.18. The van der Waals surface area contributed by atoms with Gasteiger partial charge >= 0.3 is 0 Å². The highest BCUT2D eigenvalue weighted by molar-refractivity contribution is 7.99. The molecule has 0 spiro atoms. The van der Waals surface area contributed by atoms with Crippen LogP contribution >= 0.6 is 11.8 Å². The molecule has 0 fully saturated rings. The zero-order chi connectivity index (χ0) is 15.6. The predicted molar refractivity (Wildman–Crippen MR) is 90.0 cm³/mol. The van der Waals surface area contributed by atoms with Crippen molar-refractivity contribution in [3.05, 3.63) is 41.1 Å². The van der Waals surface area contributed by atoms with Crippen LogP contribution in [0.5, 0.6) is 0 Å². The van der Waals surface area contributed by atoms with Gasteiger partial charge in [-0.1, -0.05) is 37.7 Å². The Morgan fingerprint density at radius 2 is 1.81 bits per heavy atom. The average Bonchev–Trinajstić information content (AvgIpc) is 2.66. The maximum atomic E-state index is 5.97. The summed E-state index contributed by atoms with van der Waals surface area (Å²) in [6.07, 6.45) is 0.867. The molecule has 0 amide bonds. The second kappa shape index (κ2) is 6.67. The molecule has 0 aliphatic carbocycles. The van der Waals surface area contributed by atoms with Crippen LogP contribution in [0, 0.1) is 6.92 Å². The van der Waals surface area contributed by atoms with E-state index in [9.17, 15) is 0 Å². The molecule has 1 aromatic carbocycles. The normalized spacial score (nSPS) is 12.9. The van der Waals surface area contributed by atoms with Crippen LogP contribution < -0.4 is 5.73 Å². The summed E-state index contributed by atoms with van der Waals surface area (Å²) in [7, 11) is 2.00. The third kappa shape index (κ3) is 3.89. The predicted octanol–water partition coefficient (Wildman–Crippen LogP) is 3.89. The summed E-state index contributed by atoms with van der Waals surface area (Å²) in [5, 5.41) is 5.74. The van der Waals surface area contributed by atoms with Crippen LogP contribution in [0.4, 0.5) is 0 Å². The van der Waals surface area contributed by atoms with Crippen LogP contribution in [0.25, 0.3) is 0 Å². The molecule has 1 atom stereocenters. The lowest BCUT2D eigenvalue weighted by atomic mass is 10.0. The van der Waals surface area contributed by atoms with Gasteiger partial charge in [0.2, 0.25) is 0 Å². The van der Waals surface area contributed by atoms with E-state index in [0.29, 0.717) is 5.92 Å². The van der Waals surface area contributed by atoms with Gasteiger partial charge in [0.05, 0.1) is 5.69 Å². The van der Waals surface area contributed by atoms with Gasteiger partial charge in [0, 0.05) is 23.5 Å². The van der Waals surface area contributed by atoms with Crippen molar-refractivity contribution in [2.24, 2.45) is 12.8 Å². The topological polar surface area (TPSA) is 43.8 Å². The molecule has 2 N–H and O–H groups in total. The zero-order valence-electron chi connectivity index (χ0n) is 13.6. The summed E-state index contributed by atoms with van der Waals surface area (Å²) in [5.74, 6) is 0.566. The summed E-state index contributed by atoms with van der Waals surface area (Å²) in [5.41, 5.74) is 9.69. The molecule has 1 heterocycles. The molecule has 2 aromatic rings. The van der Waals surface area contributed by atoms with Crippen LogP contribution in [-0.2, 0) is 13.5 Å². The summed E-state index contributed by atoms with van der Waals surface area (Å²) in [4.78, 5) is 1.24. The molecular weight excluding hydrogens is 278 g/mol. The number of hydrogen-bond donors (Lipinski definition) is 1. The lowest BCUT2D eigenvalue weighted by Gasteiger charge is -2.10. The Balaban J connectivity index is 2.26. The fraction of sp³-hybridized carbons (Fsp3) is 0.471. The maximum Gasteiger partial charge on any atom is 0.102 e. The Kier molecular flexibility index (Phi) is 5.12. The summed E-state index contributed by atoms with van der Waals surface area (Å²) in [6.45, 7) is 8.53. The van der Waals surface area contributed by atoms with E-state index in [1.807, 2.05) is 18.7 Å². The average molecular weight is 303 g/mol. The van der Waals surface area contributed by atoms with Crippen molar-refractivity contribution in [1.29, 1.82) is 0 Å². The van der Waals surface area contributed by atoms with Gasteiger partial charge in [-0.05, 0) is 43.9 Å². The second-order valence-electron chi connectivity index (χ2n) is 6.00. The van der Waals surface area contributed by atoms with Gasteiger partial charge in [-0.3, -0.25) is 4.68 Å². The van der Waals surface area contributed by atoms with Crippen molar-refractivity contribution in [2.45, 2.75) is 56.0 Å². The van der Waals surface area contributed by atoms with Crippen LogP contribution in [0.3, 0.4) is 0 Å². The highest BCUT2D eigenvalue weighted by Gasteiger charge is 2.15. The quantitative estimate of drug-likeness (QED) is 0.911. The Bertz CT molecular complexity index is 597. The fourth-order valence-corrected chi connectivity index (χ4v) is 3.42. The number of aromatic nitrogens is 2. The van der Waals surface area contributed by atoms with E-state index in [2.05, 4.69) is 50.1 Å². The SMILES string of the molecule is Cc1nn(C)c(Sc2ccc(C(C)C)cc2)c1CC(C)N. The molecule has 0 bridgehead atoms. The minimum Gasteiger partial charge on any atom is -0.328 e. The van der Waals surface area contributed by atoms with Crippen molar-refractivity contribution in [3.8, 4) is 0 Å². The Hall–Kier alpha value is -1.26. The molecule has 1 unspecified atom stereocenters. The summed E-state index contributed by atoms with van der Waals surface area (Å²) >= 11 is 1.77. The highest BCUT2D eigenvalue weighted by atomic mass is 32.2. The van der Waals surface area contributed by atoms with Gasteiger partial charge in [-0.2, -0.15) is 5.10 Å². The van der Waals surface area contributed by atoms with Crippen LogP contribution in [0.1, 0.15) is 43.5 Å². The maximum absolute atomic E-state index is 5.97. The monoisotopic (exact) mass is 303 g/mol. The van der Waals surface area contributed by atoms with Gasteiger partial charge in [0.15, 0.2) is 0 Å². The van der Waals surface area contributed by atoms with Crippen LogP contribution in [-0.4, -0.2) is 15.8 Å². The lowest BCUT2D eigenvalue weighted by molar-refractivity contribution is 0.677. The Labute approximate surface area is 131 Å². The molecule has 114 valence electrons. The fourth-order valence-electron chi connectivity index (χ4n) is 2.40. The number of rotatable bonds is 5. The Morgan fingerprint density at radius 1 is 1.19 bits per heavy atom. The molecule has 0 saturated carbocycles. The van der Waals surface area contributed by atoms with E-state index in [4.69, 9.17) is 5.73 Å². The molecular formula is C17H25N3S. The molecule has 0 saturated heterocycles. The number of aryl methyl sites for hydroxylation is 2. The third-order valence-corrected chi connectivity index (χ3v) is 4.79. The first-order chi connectivity index (χ1) is 9.88. The van der Waals surface area contributed by atoms with E-state index < -0.39 is 0 Å². The number of benzene rings is 1. The smallest absolute Gasteiger partial charge is 0.102 e. The molecule has 1 aromatic heterocycles. The number of hydrogen-bond acceptors (Lipinski definition) is 3. The van der Waals surface area contributed by atoms with Crippen LogP contribution in [0.15, 0.2) is 34.2 Å². The van der Waals surface area contributed by atoms with Crippen LogP contribution in [0.2, 0.25) is 0 Å². The van der Waals surface area contributed by atoms with Crippen molar-refractivity contribution >= 4 is 11.8 Å². The van der Waals surface area contributed by atoms with Gasteiger partial charge in [0.25, 0.3) is 0 Å². The van der Waals surface area contributed by atoms with Crippen molar-refractivity contribution < 1.29 is 0 Å². The van der Waals surface area contributed by atoms with E-state index in [1.54, 1.807) is 11.8 Å². The summed E-state index contributed by atoms with van der Waals surface area (Å²) < 4.78 is 1.97. The summed E-state index contributed by atoms with van der Waals surface area (Å²) in [6, 6.07) is 8.95. The van der Waals surface area contributed by atoms with E-state index in [1.165, 1.54) is 21.0 Å². The van der Waals surface area contributed by atoms with Gasteiger partial charge in [-0.25, -0.2) is 0 Å². The largest absolute Gasteiger partial charge is 0.328 e. The number of nitrogens with zero attached hydrogens (tertiary/aromatic N) is 2. The molecule has 4 heteroatoms. The number of nitrogens with two attached hydrogens (primary N) is 1. The van der Waals surface area contributed by atoms with E-state index in [-0.39, 0.29) is 6.04 Å². The second-order valence-corrected chi connectivity index (χ2v) is 7.06.